The van der Waals surface area contributed by atoms with Gasteiger partial charge in [-0.1, -0.05) is 24.6 Å². The molecule has 0 aliphatic carbocycles. The van der Waals surface area contributed by atoms with Gasteiger partial charge in [-0.15, -0.1) is 11.3 Å². The predicted octanol–water partition coefficient (Wildman–Crippen LogP) is 3.35. The van der Waals surface area contributed by atoms with E-state index in [-0.39, 0.29) is 5.75 Å². The second-order valence-corrected chi connectivity index (χ2v) is 5.57. The van der Waals surface area contributed by atoms with Crippen LogP contribution in [0.3, 0.4) is 0 Å². The Morgan fingerprint density at radius 2 is 2.22 bits per heavy atom. The van der Waals surface area contributed by atoms with E-state index in [1.165, 1.54) is 4.88 Å². The molecule has 2 N–H and O–H groups in total. The zero-order valence-electron chi connectivity index (χ0n) is 10.1. The third-order valence-electron chi connectivity index (χ3n) is 2.57. The third-order valence-corrected chi connectivity index (χ3v) is 4.01. The van der Waals surface area contributed by atoms with E-state index in [1.54, 1.807) is 23.5 Å². The van der Waals surface area contributed by atoms with E-state index in [4.69, 9.17) is 11.6 Å². The molecule has 2 rings (SSSR count). The van der Waals surface area contributed by atoms with E-state index in [1.807, 2.05) is 12.3 Å². The van der Waals surface area contributed by atoms with Gasteiger partial charge in [0, 0.05) is 24.2 Å². The maximum atomic E-state index is 9.32. The molecule has 1 aromatic carbocycles. The van der Waals surface area contributed by atoms with Crippen LogP contribution in [0.15, 0.2) is 24.4 Å². The lowest BCUT2D eigenvalue weighted by Gasteiger charge is -2.04. The molecule has 2 aromatic rings. The first-order valence-corrected chi connectivity index (χ1v) is 7.00. The zero-order valence-corrected chi connectivity index (χ0v) is 11.7. The smallest absolute Gasteiger partial charge is 0.134 e. The average Bonchev–Trinajstić information content (AvgIpc) is 2.82. The maximum absolute atomic E-state index is 9.32. The first kappa shape index (κ1) is 13.3. The minimum Gasteiger partial charge on any atom is -0.506 e. The summed E-state index contributed by atoms with van der Waals surface area (Å²) in [6.07, 6.45) is 2.96. The molecule has 0 aliphatic rings. The first-order chi connectivity index (χ1) is 8.69. The largest absolute Gasteiger partial charge is 0.506 e. The standard InChI is InChI=1S/C13H15ClN2OS/c1-2-10-7-16-13(18-10)8-15-6-9-3-4-12(17)11(14)5-9/h3-5,7,15,17H,2,6,8H2,1H3. The Kier molecular flexibility index (Phi) is 4.58. The molecule has 0 fully saturated rings. The lowest BCUT2D eigenvalue weighted by atomic mass is 10.2. The van der Waals surface area contributed by atoms with E-state index >= 15 is 0 Å². The van der Waals surface area contributed by atoms with E-state index in [0.29, 0.717) is 11.6 Å². The van der Waals surface area contributed by atoms with E-state index in [2.05, 4.69) is 17.2 Å². The molecule has 18 heavy (non-hydrogen) atoms. The summed E-state index contributed by atoms with van der Waals surface area (Å²) in [6, 6.07) is 5.23. The van der Waals surface area contributed by atoms with Crippen LogP contribution in [0.1, 0.15) is 22.4 Å². The van der Waals surface area contributed by atoms with Gasteiger partial charge >= 0.3 is 0 Å². The Bertz CT molecular complexity index is 527. The molecule has 0 spiro atoms. The fourth-order valence-electron chi connectivity index (χ4n) is 1.57. The minimum atomic E-state index is 0.118. The van der Waals surface area contributed by atoms with Crippen molar-refractivity contribution in [2.75, 3.05) is 0 Å². The molecule has 0 saturated carbocycles. The summed E-state index contributed by atoms with van der Waals surface area (Å²) in [6.45, 7) is 3.59. The Hall–Kier alpha value is -1.10. The highest BCUT2D eigenvalue weighted by atomic mass is 35.5. The summed E-state index contributed by atoms with van der Waals surface area (Å²) in [5.74, 6) is 0.118. The molecular formula is C13H15ClN2OS. The second kappa shape index (κ2) is 6.18. The van der Waals surface area contributed by atoms with Crippen LogP contribution < -0.4 is 5.32 Å². The minimum absolute atomic E-state index is 0.118. The molecule has 0 unspecified atom stereocenters. The summed E-state index contributed by atoms with van der Waals surface area (Å²) in [4.78, 5) is 5.64. The van der Waals surface area contributed by atoms with Crippen LogP contribution in [0.5, 0.6) is 5.75 Å². The number of nitrogens with one attached hydrogen (secondary N) is 1. The van der Waals surface area contributed by atoms with Crippen LogP contribution in [0.2, 0.25) is 5.02 Å². The van der Waals surface area contributed by atoms with Crippen LogP contribution in [0, 0.1) is 0 Å². The molecule has 0 aliphatic heterocycles. The van der Waals surface area contributed by atoms with Crippen molar-refractivity contribution >= 4 is 22.9 Å². The van der Waals surface area contributed by atoms with Gasteiger partial charge in [0.25, 0.3) is 0 Å². The summed E-state index contributed by atoms with van der Waals surface area (Å²) in [5.41, 5.74) is 1.05. The van der Waals surface area contributed by atoms with Gasteiger partial charge in [-0.2, -0.15) is 0 Å². The summed E-state index contributed by atoms with van der Waals surface area (Å²) in [5, 5.41) is 14.1. The molecule has 3 nitrogen and oxygen atoms in total. The van der Waals surface area contributed by atoms with Gasteiger partial charge in [0.2, 0.25) is 0 Å². The van der Waals surface area contributed by atoms with Crippen molar-refractivity contribution in [2.24, 2.45) is 0 Å². The maximum Gasteiger partial charge on any atom is 0.134 e. The number of nitrogens with zero attached hydrogens (tertiary/aromatic N) is 1. The number of hydrogen-bond donors (Lipinski definition) is 2. The third kappa shape index (κ3) is 3.45. The van der Waals surface area contributed by atoms with Crippen LogP contribution in [-0.2, 0) is 19.5 Å². The van der Waals surface area contributed by atoms with Crippen LogP contribution >= 0.6 is 22.9 Å². The Labute approximate surface area is 115 Å². The van der Waals surface area contributed by atoms with Crippen molar-refractivity contribution < 1.29 is 5.11 Å². The van der Waals surface area contributed by atoms with Crippen molar-refractivity contribution in [1.29, 1.82) is 0 Å². The van der Waals surface area contributed by atoms with Gasteiger partial charge in [-0.05, 0) is 24.1 Å². The number of aryl methyl sites for hydroxylation is 1. The predicted molar refractivity (Wildman–Crippen MR) is 75.2 cm³/mol. The molecule has 0 radical (unpaired) electrons. The quantitative estimate of drug-likeness (QED) is 0.884. The highest BCUT2D eigenvalue weighted by Crippen LogP contribution is 2.23. The SMILES string of the molecule is CCc1cnc(CNCc2ccc(O)c(Cl)c2)s1. The average molecular weight is 283 g/mol. The monoisotopic (exact) mass is 282 g/mol. The lowest BCUT2D eigenvalue weighted by Crippen LogP contribution is -2.12. The number of benzene rings is 1. The number of aromatic nitrogens is 1. The molecular weight excluding hydrogens is 268 g/mol. The van der Waals surface area contributed by atoms with Gasteiger partial charge in [-0.25, -0.2) is 4.98 Å². The van der Waals surface area contributed by atoms with Crippen molar-refractivity contribution in [3.05, 3.63) is 44.9 Å². The molecule has 0 saturated heterocycles. The molecule has 1 aromatic heterocycles. The molecule has 0 bridgehead atoms. The van der Waals surface area contributed by atoms with E-state index < -0.39 is 0 Å². The molecule has 5 heteroatoms. The number of aromatic hydroxyl groups is 1. The van der Waals surface area contributed by atoms with Gasteiger partial charge in [0.15, 0.2) is 0 Å². The summed E-state index contributed by atoms with van der Waals surface area (Å²) >= 11 is 7.58. The van der Waals surface area contributed by atoms with Crippen molar-refractivity contribution in [3.8, 4) is 5.75 Å². The van der Waals surface area contributed by atoms with Crippen LogP contribution in [-0.4, -0.2) is 10.1 Å². The Morgan fingerprint density at radius 1 is 1.39 bits per heavy atom. The van der Waals surface area contributed by atoms with Crippen molar-refractivity contribution in [3.63, 3.8) is 0 Å². The topological polar surface area (TPSA) is 45.2 Å². The summed E-state index contributed by atoms with van der Waals surface area (Å²) < 4.78 is 0. The molecule has 0 atom stereocenters. The second-order valence-electron chi connectivity index (χ2n) is 3.96. The van der Waals surface area contributed by atoms with Crippen molar-refractivity contribution in [2.45, 2.75) is 26.4 Å². The fourth-order valence-corrected chi connectivity index (χ4v) is 2.60. The van der Waals surface area contributed by atoms with Crippen LogP contribution in [0.4, 0.5) is 0 Å². The highest BCUT2D eigenvalue weighted by Gasteiger charge is 2.02. The number of phenols is 1. The van der Waals surface area contributed by atoms with E-state index in [0.717, 1.165) is 23.5 Å². The lowest BCUT2D eigenvalue weighted by molar-refractivity contribution is 0.475. The van der Waals surface area contributed by atoms with Gasteiger partial charge in [-0.3, -0.25) is 0 Å². The summed E-state index contributed by atoms with van der Waals surface area (Å²) in [7, 11) is 0. The number of hydrogen-bond acceptors (Lipinski definition) is 4. The Balaban J connectivity index is 1.86. The molecule has 96 valence electrons. The number of halogens is 1. The molecule has 1 heterocycles. The number of rotatable bonds is 5. The number of phenolic OH excluding ortho intramolecular Hbond substituents is 1. The van der Waals surface area contributed by atoms with Gasteiger partial charge in [0.05, 0.1) is 5.02 Å². The highest BCUT2D eigenvalue weighted by molar-refractivity contribution is 7.11. The van der Waals surface area contributed by atoms with E-state index in [9.17, 15) is 5.11 Å². The van der Waals surface area contributed by atoms with Gasteiger partial charge in [0.1, 0.15) is 10.8 Å². The fraction of sp³-hybridized carbons (Fsp3) is 0.308. The van der Waals surface area contributed by atoms with Crippen molar-refractivity contribution in [1.82, 2.24) is 10.3 Å². The zero-order chi connectivity index (χ0) is 13.0. The molecule has 0 amide bonds. The first-order valence-electron chi connectivity index (χ1n) is 5.80. The normalized spacial score (nSPS) is 10.8. The Morgan fingerprint density at radius 3 is 2.89 bits per heavy atom. The van der Waals surface area contributed by atoms with Gasteiger partial charge < -0.3 is 10.4 Å². The van der Waals surface area contributed by atoms with Crippen LogP contribution in [0.25, 0.3) is 0 Å². The number of thiazole rings is 1.